The van der Waals surface area contributed by atoms with Crippen LogP contribution in [0.2, 0.25) is 0 Å². The third-order valence-corrected chi connectivity index (χ3v) is 5.18. The Morgan fingerprint density at radius 1 is 1.18 bits per heavy atom. The molecule has 0 aliphatic rings. The first-order valence-corrected chi connectivity index (χ1v) is 9.67. The molecule has 0 saturated heterocycles. The number of benzene rings is 2. The van der Waals surface area contributed by atoms with Crippen molar-refractivity contribution in [2.75, 3.05) is 32.5 Å². The molecule has 0 saturated carbocycles. The number of halogens is 1. The number of anilines is 1. The number of thiazole rings is 1. The van der Waals surface area contributed by atoms with E-state index in [2.05, 4.69) is 10.3 Å². The standard InChI is InChI=1S/C20H21FN4O2S/c1-24(11-18(26)22-15-7-5-6-14(21)10-15)13-20(27)25(2)12-19-23-16-8-3-4-9-17(16)28-19/h3-10H,11-13H2,1-2H3,(H,22,26)/p+1. The van der Waals surface area contributed by atoms with Gasteiger partial charge in [-0.3, -0.25) is 9.59 Å². The molecule has 0 bridgehead atoms. The molecule has 0 aliphatic carbocycles. The Hall–Kier alpha value is -2.84. The third kappa shape index (κ3) is 5.34. The Morgan fingerprint density at radius 3 is 2.71 bits per heavy atom. The smallest absolute Gasteiger partial charge is 0.279 e. The number of nitrogens with zero attached hydrogens (tertiary/aromatic N) is 2. The van der Waals surface area contributed by atoms with Crippen LogP contribution in [0.1, 0.15) is 5.01 Å². The van der Waals surface area contributed by atoms with Crippen LogP contribution in [0.4, 0.5) is 10.1 Å². The van der Waals surface area contributed by atoms with Crippen LogP contribution in [-0.4, -0.2) is 48.9 Å². The lowest BCUT2D eigenvalue weighted by Crippen LogP contribution is -3.11. The number of nitrogens with one attached hydrogen (secondary N) is 2. The summed E-state index contributed by atoms with van der Waals surface area (Å²) in [4.78, 5) is 31.4. The summed E-state index contributed by atoms with van der Waals surface area (Å²) in [5, 5.41) is 3.51. The first kappa shape index (κ1) is 19.9. The van der Waals surface area contributed by atoms with Crippen molar-refractivity contribution >= 4 is 39.1 Å². The predicted molar refractivity (Wildman–Crippen MR) is 108 cm³/mol. The first-order chi connectivity index (χ1) is 13.4. The van der Waals surface area contributed by atoms with Gasteiger partial charge in [0.15, 0.2) is 13.1 Å². The zero-order valence-electron chi connectivity index (χ0n) is 15.7. The van der Waals surface area contributed by atoms with Crippen LogP contribution in [0.15, 0.2) is 48.5 Å². The minimum atomic E-state index is -0.412. The second-order valence-corrected chi connectivity index (χ2v) is 7.81. The number of aromatic nitrogens is 1. The summed E-state index contributed by atoms with van der Waals surface area (Å²) in [5.74, 6) is -0.759. The first-order valence-electron chi connectivity index (χ1n) is 8.86. The number of hydrogen-bond donors (Lipinski definition) is 2. The lowest BCUT2D eigenvalue weighted by molar-refractivity contribution is -0.862. The normalized spacial score (nSPS) is 12.0. The molecule has 3 rings (SSSR count). The van der Waals surface area contributed by atoms with E-state index in [0.717, 1.165) is 20.1 Å². The molecule has 6 nitrogen and oxygen atoms in total. The molecule has 146 valence electrons. The van der Waals surface area contributed by atoms with Gasteiger partial charge in [-0.05, 0) is 30.3 Å². The molecule has 0 spiro atoms. The molecular formula is C20H22FN4O2S+. The second kappa shape index (κ2) is 8.90. The number of quaternary nitrogens is 1. The highest BCUT2D eigenvalue weighted by Crippen LogP contribution is 2.22. The topological polar surface area (TPSA) is 66.7 Å². The number of carbonyl (C=O) groups is 2. The largest absolute Gasteiger partial charge is 0.334 e. The van der Waals surface area contributed by atoms with Gasteiger partial charge in [-0.2, -0.15) is 0 Å². The summed E-state index contributed by atoms with van der Waals surface area (Å²) in [7, 11) is 3.50. The van der Waals surface area contributed by atoms with E-state index in [-0.39, 0.29) is 24.9 Å². The Balaban J connectivity index is 1.49. The van der Waals surface area contributed by atoms with Crippen molar-refractivity contribution in [3.05, 3.63) is 59.4 Å². The lowest BCUT2D eigenvalue weighted by Gasteiger charge is -2.19. The van der Waals surface area contributed by atoms with Gasteiger partial charge in [-0.1, -0.05) is 18.2 Å². The molecule has 3 aromatic rings. The number of hydrogen-bond acceptors (Lipinski definition) is 4. The van der Waals surface area contributed by atoms with Crippen molar-refractivity contribution < 1.29 is 18.9 Å². The Labute approximate surface area is 166 Å². The number of carbonyl (C=O) groups excluding carboxylic acids is 2. The van der Waals surface area contributed by atoms with Gasteiger partial charge >= 0.3 is 0 Å². The van der Waals surface area contributed by atoms with E-state index in [1.54, 1.807) is 36.4 Å². The molecule has 0 aliphatic heterocycles. The summed E-state index contributed by atoms with van der Waals surface area (Å²) in [6, 6.07) is 13.6. The van der Waals surface area contributed by atoms with Crippen LogP contribution in [0.3, 0.4) is 0 Å². The molecule has 1 unspecified atom stereocenters. The fraction of sp³-hybridized carbons (Fsp3) is 0.250. The van der Waals surface area contributed by atoms with Gasteiger partial charge in [-0.25, -0.2) is 9.37 Å². The maximum absolute atomic E-state index is 13.2. The van der Waals surface area contributed by atoms with Gasteiger partial charge in [0, 0.05) is 12.7 Å². The number of para-hydroxylation sites is 1. The molecule has 1 atom stereocenters. The maximum Gasteiger partial charge on any atom is 0.279 e. The Morgan fingerprint density at radius 2 is 1.96 bits per heavy atom. The molecule has 1 aromatic heterocycles. The van der Waals surface area contributed by atoms with Gasteiger partial charge in [-0.15, -0.1) is 11.3 Å². The molecule has 2 amide bonds. The van der Waals surface area contributed by atoms with E-state index < -0.39 is 5.82 Å². The summed E-state index contributed by atoms with van der Waals surface area (Å²) < 4.78 is 14.3. The minimum absolute atomic E-state index is 0.0738. The second-order valence-electron chi connectivity index (χ2n) is 6.69. The van der Waals surface area contributed by atoms with Crippen LogP contribution in [0.25, 0.3) is 10.2 Å². The lowest BCUT2D eigenvalue weighted by atomic mass is 10.3. The highest BCUT2D eigenvalue weighted by molar-refractivity contribution is 7.18. The van der Waals surface area contributed by atoms with Crippen molar-refractivity contribution in [3.8, 4) is 0 Å². The molecule has 2 N–H and O–H groups in total. The Kier molecular flexibility index (Phi) is 6.33. The predicted octanol–water partition coefficient (Wildman–Crippen LogP) is 1.55. The third-order valence-electron chi connectivity index (χ3n) is 4.16. The molecule has 1 heterocycles. The van der Waals surface area contributed by atoms with Crippen LogP contribution in [0.5, 0.6) is 0 Å². The fourth-order valence-corrected chi connectivity index (χ4v) is 3.80. The minimum Gasteiger partial charge on any atom is -0.334 e. The average Bonchev–Trinajstić information content (AvgIpc) is 3.03. The van der Waals surface area contributed by atoms with Crippen molar-refractivity contribution in [2.45, 2.75) is 6.54 Å². The number of amides is 2. The summed E-state index contributed by atoms with van der Waals surface area (Å²) in [6.45, 7) is 0.718. The van der Waals surface area contributed by atoms with E-state index in [1.165, 1.54) is 18.2 Å². The van der Waals surface area contributed by atoms with Crippen LogP contribution < -0.4 is 10.2 Å². The quantitative estimate of drug-likeness (QED) is 0.631. The van der Waals surface area contributed by atoms with Crippen molar-refractivity contribution in [1.82, 2.24) is 9.88 Å². The highest BCUT2D eigenvalue weighted by Gasteiger charge is 2.18. The van der Waals surface area contributed by atoms with Gasteiger partial charge in [0.2, 0.25) is 0 Å². The van der Waals surface area contributed by atoms with Crippen molar-refractivity contribution in [3.63, 3.8) is 0 Å². The SMILES string of the molecule is CN(Cc1nc2ccccc2s1)C(=O)C[NH+](C)CC(=O)Nc1cccc(F)c1. The van der Waals surface area contributed by atoms with Gasteiger partial charge < -0.3 is 15.1 Å². The van der Waals surface area contributed by atoms with Crippen LogP contribution >= 0.6 is 11.3 Å². The summed E-state index contributed by atoms with van der Waals surface area (Å²) >= 11 is 1.57. The number of likely N-dealkylation sites (N-methyl/N-ethyl adjacent to an activating group) is 2. The number of rotatable bonds is 7. The van der Waals surface area contributed by atoms with E-state index in [9.17, 15) is 14.0 Å². The maximum atomic E-state index is 13.2. The Bertz CT molecular complexity index is 958. The number of fused-ring (bicyclic) bond motifs is 1. The van der Waals surface area contributed by atoms with E-state index in [1.807, 2.05) is 24.3 Å². The average molecular weight is 401 g/mol. The zero-order valence-corrected chi connectivity index (χ0v) is 16.6. The fourth-order valence-electron chi connectivity index (χ4n) is 2.78. The van der Waals surface area contributed by atoms with Crippen LogP contribution in [-0.2, 0) is 16.1 Å². The van der Waals surface area contributed by atoms with E-state index >= 15 is 0 Å². The zero-order chi connectivity index (χ0) is 20.1. The van der Waals surface area contributed by atoms with E-state index in [0.29, 0.717) is 12.2 Å². The molecular weight excluding hydrogens is 379 g/mol. The summed E-state index contributed by atoms with van der Waals surface area (Å²) in [6.07, 6.45) is 0. The molecule has 0 radical (unpaired) electrons. The molecule has 8 heteroatoms. The van der Waals surface area contributed by atoms with Crippen molar-refractivity contribution in [1.29, 1.82) is 0 Å². The van der Waals surface area contributed by atoms with Crippen LogP contribution in [0, 0.1) is 5.82 Å². The van der Waals surface area contributed by atoms with Gasteiger partial charge in [0.1, 0.15) is 10.8 Å². The summed E-state index contributed by atoms with van der Waals surface area (Å²) in [5.41, 5.74) is 1.33. The highest BCUT2D eigenvalue weighted by atomic mass is 32.1. The molecule has 28 heavy (non-hydrogen) atoms. The molecule has 0 fully saturated rings. The van der Waals surface area contributed by atoms with E-state index in [4.69, 9.17) is 0 Å². The van der Waals surface area contributed by atoms with Gasteiger partial charge in [0.25, 0.3) is 11.8 Å². The monoisotopic (exact) mass is 401 g/mol. The molecule has 2 aromatic carbocycles. The van der Waals surface area contributed by atoms with Gasteiger partial charge in [0.05, 0.1) is 23.8 Å². The van der Waals surface area contributed by atoms with Crippen molar-refractivity contribution in [2.24, 2.45) is 0 Å².